The van der Waals surface area contributed by atoms with E-state index in [1.54, 1.807) is 12.1 Å². The van der Waals surface area contributed by atoms with Gasteiger partial charge >= 0.3 is 16.1 Å². The van der Waals surface area contributed by atoms with Crippen molar-refractivity contribution in [2.24, 2.45) is 0 Å². The molecular formula is C24H29N3O5S. The van der Waals surface area contributed by atoms with Gasteiger partial charge in [-0.15, -0.1) is 0 Å². The van der Waals surface area contributed by atoms with Crippen molar-refractivity contribution in [3.63, 3.8) is 0 Å². The van der Waals surface area contributed by atoms with Gasteiger partial charge in [0.15, 0.2) is 0 Å². The summed E-state index contributed by atoms with van der Waals surface area (Å²) >= 11 is 0. The van der Waals surface area contributed by atoms with Crippen LogP contribution in [0, 0.1) is 11.3 Å². The first-order chi connectivity index (χ1) is 15.6. The van der Waals surface area contributed by atoms with E-state index in [4.69, 9.17) is 5.26 Å². The Labute approximate surface area is 195 Å². The van der Waals surface area contributed by atoms with Gasteiger partial charge in [0.05, 0.1) is 29.1 Å². The molecule has 176 valence electrons. The third kappa shape index (κ3) is 7.29. The summed E-state index contributed by atoms with van der Waals surface area (Å²) in [6.45, 7) is 2.96. The minimum Gasteiger partial charge on any atom is -0.388 e. The maximum atomic E-state index is 11.8. The number of rotatable bonds is 8. The van der Waals surface area contributed by atoms with Crippen molar-refractivity contribution in [2.75, 3.05) is 44.4 Å². The largest absolute Gasteiger partial charge is 0.388 e. The van der Waals surface area contributed by atoms with Gasteiger partial charge < -0.3 is 19.1 Å². The minimum atomic E-state index is -3.86. The summed E-state index contributed by atoms with van der Waals surface area (Å²) in [5, 5.41) is 20.0. The highest BCUT2D eigenvalue weighted by Gasteiger charge is 2.33. The second kappa shape index (κ2) is 10.3. The molecule has 0 aliphatic carbocycles. The smallest absolute Gasteiger partial charge is 0.353 e. The molecule has 2 aromatic rings. The van der Waals surface area contributed by atoms with E-state index in [1.807, 2.05) is 36.2 Å². The molecular weight excluding hydrogens is 442 g/mol. The summed E-state index contributed by atoms with van der Waals surface area (Å²) in [5.41, 5.74) is 2.00. The molecule has 3 rings (SSSR count). The molecule has 1 N–H and O–H groups in total. The summed E-state index contributed by atoms with van der Waals surface area (Å²) in [5.74, 6) is -0.918. The zero-order valence-corrected chi connectivity index (χ0v) is 19.7. The van der Waals surface area contributed by atoms with Crippen molar-refractivity contribution in [1.29, 1.82) is 5.26 Å². The van der Waals surface area contributed by atoms with Crippen LogP contribution in [0.4, 0.5) is 5.69 Å². The van der Waals surface area contributed by atoms with Gasteiger partial charge in [-0.05, 0) is 61.2 Å². The van der Waals surface area contributed by atoms with Crippen molar-refractivity contribution in [1.82, 2.24) is 4.90 Å². The van der Waals surface area contributed by atoms with Crippen molar-refractivity contribution in [2.45, 2.75) is 24.9 Å². The van der Waals surface area contributed by atoms with Gasteiger partial charge in [0.1, 0.15) is 0 Å². The third-order valence-electron chi connectivity index (χ3n) is 5.89. The summed E-state index contributed by atoms with van der Waals surface area (Å²) < 4.78 is 26.6. The van der Waals surface area contributed by atoms with E-state index in [2.05, 4.69) is 15.2 Å². The molecule has 0 saturated carbocycles. The van der Waals surface area contributed by atoms with E-state index in [1.165, 1.54) is 17.7 Å². The Bertz CT molecular complexity index is 1100. The predicted octanol–water partition coefficient (Wildman–Crippen LogP) is 2.18. The molecule has 1 aliphatic rings. The summed E-state index contributed by atoms with van der Waals surface area (Å²) in [6.07, 6.45) is 3.04. The number of aliphatic hydroxyl groups is 1. The highest BCUT2D eigenvalue weighted by molar-refractivity contribution is 7.86. The average molecular weight is 472 g/mol. The monoisotopic (exact) mass is 471 g/mol. The molecule has 9 heteroatoms. The van der Waals surface area contributed by atoms with Gasteiger partial charge in [-0.25, -0.2) is 4.79 Å². The number of likely N-dealkylation sites (tertiary alicyclic amines) is 1. The molecule has 0 amide bonds. The average Bonchev–Trinajstić information content (AvgIpc) is 2.78. The minimum absolute atomic E-state index is 0.145. The lowest BCUT2D eigenvalue weighted by Crippen LogP contribution is -2.50. The number of nitrogens with zero attached hydrogens (tertiary/aromatic N) is 3. The Morgan fingerprint density at radius 1 is 1.15 bits per heavy atom. The number of hydrogen-bond donors (Lipinski definition) is 1. The number of likely N-dealkylation sites (N-methyl/N-ethyl adjacent to an activating group) is 1. The molecule has 0 radical (unpaired) electrons. The molecule has 0 spiro atoms. The normalized spacial score (nSPS) is 16.1. The van der Waals surface area contributed by atoms with Crippen molar-refractivity contribution < 1.29 is 22.5 Å². The van der Waals surface area contributed by atoms with Crippen LogP contribution >= 0.6 is 0 Å². The molecule has 2 aromatic carbocycles. The molecule has 1 aliphatic heterocycles. The lowest BCUT2D eigenvalue weighted by atomic mass is 9.90. The van der Waals surface area contributed by atoms with Crippen molar-refractivity contribution in [3.05, 3.63) is 65.2 Å². The first-order valence-electron chi connectivity index (χ1n) is 10.8. The number of nitriles is 1. The van der Waals surface area contributed by atoms with E-state index < -0.39 is 21.7 Å². The molecule has 1 fully saturated rings. The number of hydrogen-bond acceptors (Lipinski definition) is 8. The van der Waals surface area contributed by atoms with Crippen LogP contribution in [-0.4, -0.2) is 69.5 Å². The highest BCUT2D eigenvalue weighted by Crippen LogP contribution is 2.26. The second-order valence-corrected chi connectivity index (χ2v) is 10.2. The molecule has 0 unspecified atom stereocenters. The Hall–Kier alpha value is -2.93. The van der Waals surface area contributed by atoms with Crippen molar-refractivity contribution in [3.8, 4) is 6.07 Å². The fraction of sp³-hybridized carbons (Fsp3) is 0.417. The fourth-order valence-electron chi connectivity index (χ4n) is 3.95. The Morgan fingerprint density at radius 2 is 1.76 bits per heavy atom. The zero-order chi connectivity index (χ0) is 24.1. The van der Waals surface area contributed by atoms with Crippen LogP contribution in [0.5, 0.6) is 0 Å². The van der Waals surface area contributed by atoms with Crippen LogP contribution in [0.15, 0.2) is 48.5 Å². The molecule has 0 aromatic heterocycles. The number of piperidine rings is 1. The Kier molecular flexibility index (Phi) is 7.74. The van der Waals surface area contributed by atoms with E-state index in [-0.39, 0.29) is 5.56 Å². The summed E-state index contributed by atoms with van der Waals surface area (Å²) in [7, 11) is -1.99. The quantitative estimate of drug-likeness (QED) is 0.583. The first-order valence-corrected chi connectivity index (χ1v) is 12.6. The van der Waals surface area contributed by atoms with Crippen LogP contribution in [0.25, 0.3) is 0 Å². The molecule has 1 saturated heterocycles. The number of carbonyl (C=O) groups is 1. The van der Waals surface area contributed by atoms with Crippen LogP contribution in [0.2, 0.25) is 0 Å². The third-order valence-corrected chi connectivity index (χ3v) is 6.34. The predicted molar refractivity (Wildman–Crippen MR) is 125 cm³/mol. The molecule has 0 bridgehead atoms. The number of benzene rings is 2. The van der Waals surface area contributed by atoms with Gasteiger partial charge in [-0.1, -0.05) is 12.1 Å². The summed E-state index contributed by atoms with van der Waals surface area (Å²) in [4.78, 5) is 16.1. The number of carbonyl (C=O) groups excluding carboxylic acids is 1. The Morgan fingerprint density at radius 3 is 2.30 bits per heavy atom. The maximum Gasteiger partial charge on any atom is 0.353 e. The zero-order valence-electron chi connectivity index (χ0n) is 18.9. The van der Waals surface area contributed by atoms with E-state index in [9.17, 15) is 18.3 Å². The maximum absolute atomic E-state index is 11.8. The standard InChI is InChI=1S/C24H29N3O5S/c1-26(22-9-7-21(8-10-22)23(28)32-33(2,30)31)18-24(29)12-15-27(16-13-24)14-11-19-3-5-20(17-25)6-4-19/h3-10,29H,11-16,18H2,1-2H3. The van der Waals surface area contributed by atoms with E-state index in [0.717, 1.165) is 38.0 Å². The van der Waals surface area contributed by atoms with Crippen LogP contribution in [0.3, 0.4) is 0 Å². The van der Waals surface area contributed by atoms with E-state index >= 15 is 0 Å². The molecule has 0 atom stereocenters. The Balaban J connectivity index is 1.48. The van der Waals surface area contributed by atoms with Gasteiger partial charge in [-0.2, -0.15) is 13.7 Å². The molecule has 1 heterocycles. The second-order valence-electron chi connectivity index (χ2n) is 8.60. The van der Waals surface area contributed by atoms with Crippen LogP contribution < -0.4 is 4.90 Å². The van der Waals surface area contributed by atoms with Crippen LogP contribution in [0.1, 0.15) is 34.3 Å². The van der Waals surface area contributed by atoms with Gasteiger partial charge in [0, 0.05) is 38.9 Å². The summed E-state index contributed by atoms with van der Waals surface area (Å²) in [6, 6.07) is 16.2. The molecule has 8 nitrogen and oxygen atoms in total. The van der Waals surface area contributed by atoms with Crippen molar-refractivity contribution >= 4 is 21.8 Å². The lowest BCUT2D eigenvalue weighted by Gasteiger charge is -2.40. The first kappa shape index (κ1) is 24.7. The topological polar surface area (TPSA) is 111 Å². The SMILES string of the molecule is CN(CC1(O)CCN(CCc2ccc(C#N)cc2)CC1)c1ccc(C(=O)OS(C)(=O)=O)cc1. The van der Waals surface area contributed by atoms with Crippen LogP contribution in [-0.2, 0) is 20.7 Å². The van der Waals surface area contributed by atoms with Gasteiger partial charge in [0.25, 0.3) is 0 Å². The van der Waals surface area contributed by atoms with Gasteiger partial charge in [0.2, 0.25) is 0 Å². The lowest BCUT2D eigenvalue weighted by molar-refractivity contribution is -0.0137. The number of anilines is 1. The fourth-order valence-corrected chi connectivity index (χ4v) is 4.33. The highest BCUT2D eigenvalue weighted by atomic mass is 32.2. The molecule has 33 heavy (non-hydrogen) atoms. The van der Waals surface area contributed by atoms with Gasteiger partial charge in [-0.3, -0.25) is 0 Å². The van der Waals surface area contributed by atoms with E-state index in [0.29, 0.717) is 24.9 Å².